The molecular weight excluding hydrogens is 891 g/mol. The van der Waals surface area contributed by atoms with Gasteiger partial charge in [0.25, 0.3) is 0 Å². The third-order valence-corrected chi connectivity index (χ3v) is 34.7. The zero-order chi connectivity index (χ0) is 44.3. The molecule has 1 heterocycles. The fourth-order valence-corrected chi connectivity index (χ4v) is 27.4. The van der Waals surface area contributed by atoms with Gasteiger partial charge in [-0.15, -0.1) is 0 Å². The van der Waals surface area contributed by atoms with E-state index in [2.05, 4.69) is 176 Å². The molecule has 0 aromatic heterocycles. The van der Waals surface area contributed by atoms with Crippen LogP contribution < -0.4 is 0 Å². The van der Waals surface area contributed by atoms with Crippen LogP contribution >= 0.6 is 0 Å². The van der Waals surface area contributed by atoms with Crippen molar-refractivity contribution in [3.8, 4) is 0 Å². The number of ether oxygens (including phenoxy) is 5. The van der Waals surface area contributed by atoms with E-state index < -0.39 is 51.3 Å². The van der Waals surface area contributed by atoms with Gasteiger partial charge < -0.3 is 0 Å². The van der Waals surface area contributed by atoms with Gasteiger partial charge in [0.1, 0.15) is 0 Å². The molecule has 6 atom stereocenters. The van der Waals surface area contributed by atoms with E-state index >= 15 is 0 Å². The van der Waals surface area contributed by atoms with Crippen molar-refractivity contribution in [2.45, 2.75) is 173 Å². The number of unbranched alkanes of at least 4 members (excludes halogenated alkanes) is 3. The Morgan fingerprint density at radius 1 is 0.548 bits per heavy atom. The first-order valence-electron chi connectivity index (χ1n) is 23.6. The predicted octanol–water partition coefficient (Wildman–Crippen LogP) is 14.4. The maximum absolute atomic E-state index is 7.66. The van der Waals surface area contributed by atoms with Gasteiger partial charge >= 0.3 is 383 Å². The Hall–Kier alpha value is -2.76. The third-order valence-electron chi connectivity index (χ3n) is 13.2. The molecule has 0 spiro atoms. The molecule has 1 aliphatic heterocycles. The quantitative estimate of drug-likeness (QED) is 0.0462. The fourth-order valence-electron chi connectivity index (χ4n) is 8.46. The molecule has 0 saturated carbocycles. The SMILES string of the molecule is CCC[CH2][Sn]([CH2]CCC)([CH2]CCC)[CH](/C=C/O[Si](C)(C)C(C)(C)C)C1O[C@@H](OCc2ccccc2)[C@@H](OCc2ccccc2)[C@H](OCc2ccccc2)[C@H]1OCc1ccccc1. The molecule has 0 amide bonds. The van der Waals surface area contributed by atoms with Gasteiger partial charge in [-0.3, -0.25) is 0 Å². The molecule has 4 aromatic carbocycles. The second kappa shape index (κ2) is 25.7. The second-order valence-corrected chi connectivity index (χ2v) is 37.7. The average molecular weight is 970 g/mol. The van der Waals surface area contributed by atoms with Gasteiger partial charge in [-0.2, -0.15) is 0 Å². The molecule has 1 fully saturated rings. The van der Waals surface area contributed by atoms with E-state index in [0.717, 1.165) is 22.3 Å². The van der Waals surface area contributed by atoms with Crippen molar-refractivity contribution >= 4 is 26.7 Å². The van der Waals surface area contributed by atoms with Crippen LogP contribution in [0.3, 0.4) is 0 Å². The zero-order valence-electron chi connectivity index (χ0n) is 39.3. The number of hydrogen-bond donors (Lipinski definition) is 0. The molecule has 62 heavy (non-hydrogen) atoms. The summed E-state index contributed by atoms with van der Waals surface area (Å²) in [5.41, 5.74) is 4.38. The van der Waals surface area contributed by atoms with Crippen molar-refractivity contribution in [3.63, 3.8) is 0 Å². The Bertz CT molecular complexity index is 1800. The Balaban J connectivity index is 1.71. The molecule has 4 aromatic rings. The standard InChI is InChI=1S/C42H51O6Si.3C4H9.Sn/c1-42(2,3)49(4,5)47-28-18-27-37-38(43-29-33-19-10-6-11-20-33)39(44-30-34-21-12-7-13-22-34)40(45-31-35-23-14-8-15-24-35)41(48-37)46-32-36-25-16-9-17-26-36;3*1-3-4-2;/h6-28,37-41H,29-32H2,1-5H3;3*1,3-4H2,2H3;/b28-18+;;;;/t37?,38-,39+,40-,41+;;;;/m0..../s1. The van der Waals surface area contributed by atoms with Crippen LogP contribution in [0.15, 0.2) is 134 Å². The summed E-state index contributed by atoms with van der Waals surface area (Å²) >= 11 is -3.29. The van der Waals surface area contributed by atoms with Crippen LogP contribution in [0.1, 0.15) is 102 Å². The minimum absolute atomic E-state index is 0.0680. The first kappa shape index (κ1) is 50.2. The molecule has 0 radical (unpaired) electrons. The molecule has 5 rings (SSSR count). The van der Waals surface area contributed by atoms with Gasteiger partial charge in [0.15, 0.2) is 0 Å². The molecule has 1 aliphatic rings. The summed E-state index contributed by atoms with van der Waals surface area (Å²) in [7, 11) is -2.12. The molecule has 8 heteroatoms. The monoisotopic (exact) mass is 970 g/mol. The normalized spacial score (nSPS) is 20.4. The Kier molecular flexibility index (Phi) is 20.8. The van der Waals surface area contributed by atoms with E-state index in [0.29, 0.717) is 26.4 Å². The van der Waals surface area contributed by atoms with Crippen LogP contribution in [-0.2, 0) is 54.5 Å². The van der Waals surface area contributed by atoms with E-state index in [9.17, 15) is 0 Å². The van der Waals surface area contributed by atoms with Gasteiger partial charge in [-0.25, -0.2) is 0 Å². The van der Waals surface area contributed by atoms with E-state index in [-0.39, 0.29) is 15.1 Å². The number of rotatable bonds is 26. The van der Waals surface area contributed by atoms with Gasteiger partial charge in [0, 0.05) is 0 Å². The Morgan fingerprint density at radius 2 is 0.919 bits per heavy atom. The third kappa shape index (κ3) is 14.9. The van der Waals surface area contributed by atoms with Crippen LogP contribution in [0, 0.1) is 0 Å². The van der Waals surface area contributed by atoms with Crippen LogP contribution in [0.4, 0.5) is 0 Å². The Morgan fingerprint density at radius 3 is 1.31 bits per heavy atom. The summed E-state index contributed by atoms with van der Waals surface area (Å²) in [6.45, 7) is 20.3. The van der Waals surface area contributed by atoms with Crippen molar-refractivity contribution in [2.75, 3.05) is 0 Å². The molecule has 1 saturated heterocycles. The predicted molar refractivity (Wildman–Crippen MR) is 261 cm³/mol. The van der Waals surface area contributed by atoms with Crippen molar-refractivity contribution < 1.29 is 28.1 Å². The number of hydrogen-bond acceptors (Lipinski definition) is 6. The summed E-state index contributed by atoms with van der Waals surface area (Å²) in [5, 5.41) is 0.0680. The van der Waals surface area contributed by atoms with Crippen molar-refractivity contribution in [1.29, 1.82) is 0 Å². The first-order valence-corrected chi connectivity index (χ1v) is 34.2. The summed E-state index contributed by atoms with van der Waals surface area (Å²) in [6.07, 6.45) is 9.16. The second-order valence-electron chi connectivity index (χ2n) is 19.0. The van der Waals surface area contributed by atoms with Gasteiger partial charge in [-0.1, -0.05) is 0 Å². The molecule has 0 N–H and O–H groups in total. The van der Waals surface area contributed by atoms with Gasteiger partial charge in [-0.05, 0) is 0 Å². The summed E-state index contributed by atoms with van der Waals surface area (Å²) in [5.74, 6) is 0. The van der Waals surface area contributed by atoms with Crippen LogP contribution in [-0.4, -0.2) is 57.4 Å². The topological polar surface area (TPSA) is 55.4 Å². The fraction of sp³-hybridized carbons (Fsp3) is 0.519. The Labute approximate surface area is 381 Å². The molecule has 0 aliphatic carbocycles. The maximum atomic E-state index is 7.66. The van der Waals surface area contributed by atoms with E-state index in [4.69, 9.17) is 28.1 Å². The van der Waals surface area contributed by atoms with Gasteiger partial charge in [0.05, 0.1) is 0 Å². The van der Waals surface area contributed by atoms with Crippen molar-refractivity contribution in [3.05, 3.63) is 156 Å². The minimum atomic E-state index is -3.29. The molecule has 2 unspecified atom stereocenters. The average Bonchev–Trinajstić information content (AvgIpc) is 3.29. The molecule has 6 nitrogen and oxygen atoms in total. The molecule has 338 valence electrons. The molecular formula is C54H78O6SiSn. The van der Waals surface area contributed by atoms with Crippen LogP contribution in [0.5, 0.6) is 0 Å². The van der Waals surface area contributed by atoms with Crippen LogP contribution in [0.2, 0.25) is 35.4 Å². The van der Waals surface area contributed by atoms with Crippen molar-refractivity contribution in [2.24, 2.45) is 0 Å². The summed E-state index contributed by atoms with van der Waals surface area (Å²) < 4.78 is 47.3. The first-order chi connectivity index (χ1) is 30.0. The van der Waals surface area contributed by atoms with E-state index in [1.165, 1.54) is 51.8 Å². The van der Waals surface area contributed by atoms with Crippen LogP contribution in [0.25, 0.3) is 0 Å². The summed E-state index contributed by atoms with van der Waals surface area (Å²) in [6, 6.07) is 41.7. The van der Waals surface area contributed by atoms with E-state index in [1.807, 2.05) is 12.1 Å². The number of benzene rings is 4. The van der Waals surface area contributed by atoms with Crippen molar-refractivity contribution in [1.82, 2.24) is 0 Å². The van der Waals surface area contributed by atoms with Gasteiger partial charge in [0.2, 0.25) is 0 Å². The molecule has 0 bridgehead atoms. The van der Waals surface area contributed by atoms with E-state index in [1.54, 1.807) is 0 Å². The summed E-state index contributed by atoms with van der Waals surface area (Å²) in [4.78, 5) is 0. The zero-order valence-corrected chi connectivity index (χ0v) is 43.2.